The Balaban J connectivity index is 1.35. The number of carbonyl (C=O) groups is 2. The molecule has 1 atom stereocenters. The number of anilines is 1. The van der Waals surface area contributed by atoms with Gasteiger partial charge in [-0.15, -0.1) is 0 Å². The molecule has 1 heterocycles. The first kappa shape index (κ1) is 22.9. The molecule has 4 aromatic rings. The second kappa shape index (κ2) is 11.1. The van der Waals surface area contributed by atoms with E-state index in [1.807, 2.05) is 72.8 Å². The fraction of sp³-hybridized carbons (Fsp3) is 0.148. The van der Waals surface area contributed by atoms with E-state index in [1.165, 1.54) is 0 Å². The number of amides is 1. The zero-order valence-corrected chi connectivity index (χ0v) is 18.6. The molecule has 0 saturated carbocycles. The van der Waals surface area contributed by atoms with Crippen LogP contribution in [-0.4, -0.2) is 34.6 Å². The largest absolute Gasteiger partial charge is 0.480 e. The SMILES string of the molecule is O=C(NCC(NCc1ccccc1)C(=O)O)c1ccc2cc(CNc3ccccn3)ccc2c1. The van der Waals surface area contributed by atoms with E-state index in [2.05, 4.69) is 27.0 Å². The van der Waals surface area contributed by atoms with Crippen molar-refractivity contribution in [2.45, 2.75) is 19.1 Å². The van der Waals surface area contributed by atoms with Gasteiger partial charge in [-0.3, -0.25) is 14.9 Å². The number of benzene rings is 3. The molecule has 4 N–H and O–H groups in total. The highest BCUT2D eigenvalue weighted by atomic mass is 16.4. The third kappa shape index (κ3) is 6.17. The molecule has 0 fully saturated rings. The Labute approximate surface area is 197 Å². The van der Waals surface area contributed by atoms with Crippen LogP contribution in [-0.2, 0) is 17.9 Å². The van der Waals surface area contributed by atoms with Crippen molar-refractivity contribution in [3.63, 3.8) is 0 Å². The molecular formula is C27H26N4O3. The summed E-state index contributed by atoms with van der Waals surface area (Å²) < 4.78 is 0. The molecule has 34 heavy (non-hydrogen) atoms. The van der Waals surface area contributed by atoms with Gasteiger partial charge in [-0.1, -0.05) is 54.6 Å². The van der Waals surface area contributed by atoms with Gasteiger partial charge in [0, 0.05) is 31.4 Å². The topological polar surface area (TPSA) is 103 Å². The molecule has 7 heteroatoms. The second-order valence-electron chi connectivity index (χ2n) is 7.93. The maximum Gasteiger partial charge on any atom is 0.322 e. The standard InChI is InChI=1S/C27H26N4O3/c32-26(31-18-24(27(33)34)29-16-19-6-2-1-3-7-19)23-12-11-21-14-20(9-10-22(21)15-23)17-30-25-8-4-5-13-28-25/h1-15,24,29H,16-18H2,(H,28,30)(H,31,32)(H,33,34). The number of pyridine rings is 1. The van der Waals surface area contributed by atoms with Gasteiger partial charge in [0.1, 0.15) is 11.9 Å². The molecule has 172 valence electrons. The smallest absolute Gasteiger partial charge is 0.322 e. The van der Waals surface area contributed by atoms with E-state index >= 15 is 0 Å². The van der Waals surface area contributed by atoms with E-state index in [-0.39, 0.29) is 12.5 Å². The zero-order valence-electron chi connectivity index (χ0n) is 18.6. The minimum Gasteiger partial charge on any atom is -0.480 e. The first-order chi connectivity index (χ1) is 16.6. The van der Waals surface area contributed by atoms with Crippen LogP contribution in [0.5, 0.6) is 0 Å². The van der Waals surface area contributed by atoms with Crippen molar-refractivity contribution in [3.8, 4) is 0 Å². The Bertz CT molecular complexity index is 1260. The Morgan fingerprint density at radius 3 is 2.35 bits per heavy atom. The summed E-state index contributed by atoms with van der Waals surface area (Å²) in [5.41, 5.74) is 2.56. The van der Waals surface area contributed by atoms with Crippen LogP contribution in [0.2, 0.25) is 0 Å². The van der Waals surface area contributed by atoms with Crippen molar-refractivity contribution in [1.29, 1.82) is 0 Å². The molecule has 0 aliphatic rings. The summed E-state index contributed by atoms with van der Waals surface area (Å²) in [6, 6.07) is 25.9. The van der Waals surface area contributed by atoms with Crippen molar-refractivity contribution in [2.24, 2.45) is 0 Å². The lowest BCUT2D eigenvalue weighted by Gasteiger charge is -2.15. The van der Waals surface area contributed by atoms with E-state index < -0.39 is 12.0 Å². The Hall–Kier alpha value is -4.23. The maximum absolute atomic E-state index is 12.7. The van der Waals surface area contributed by atoms with Crippen LogP contribution in [0.4, 0.5) is 5.82 Å². The van der Waals surface area contributed by atoms with Crippen molar-refractivity contribution < 1.29 is 14.7 Å². The van der Waals surface area contributed by atoms with Gasteiger partial charge in [0.2, 0.25) is 0 Å². The normalized spacial score (nSPS) is 11.6. The molecule has 0 aliphatic carbocycles. The fourth-order valence-corrected chi connectivity index (χ4v) is 3.59. The van der Waals surface area contributed by atoms with Gasteiger partial charge < -0.3 is 15.7 Å². The molecule has 0 radical (unpaired) electrons. The molecular weight excluding hydrogens is 428 g/mol. The summed E-state index contributed by atoms with van der Waals surface area (Å²) in [4.78, 5) is 28.5. The number of carbonyl (C=O) groups excluding carboxylic acids is 1. The average molecular weight is 455 g/mol. The number of aliphatic carboxylic acids is 1. The van der Waals surface area contributed by atoms with E-state index in [0.29, 0.717) is 18.7 Å². The number of nitrogens with one attached hydrogen (secondary N) is 3. The molecule has 1 amide bonds. The fourth-order valence-electron chi connectivity index (χ4n) is 3.59. The minimum absolute atomic E-state index is 0.0167. The number of nitrogens with zero attached hydrogens (tertiary/aromatic N) is 1. The number of rotatable bonds is 10. The molecule has 1 unspecified atom stereocenters. The highest BCUT2D eigenvalue weighted by Gasteiger charge is 2.18. The summed E-state index contributed by atoms with van der Waals surface area (Å²) in [5, 5.41) is 20.4. The zero-order chi connectivity index (χ0) is 23.8. The van der Waals surface area contributed by atoms with Crippen molar-refractivity contribution in [3.05, 3.63) is 108 Å². The van der Waals surface area contributed by atoms with Crippen molar-refractivity contribution in [1.82, 2.24) is 15.6 Å². The van der Waals surface area contributed by atoms with Crippen LogP contribution < -0.4 is 16.0 Å². The summed E-state index contributed by atoms with van der Waals surface area (Å²) in [6.07, 6.45) is 1.74. The van der Waals surface area contributed by atoms with Gasteiger partial charge in [-0.25, -0.2) is 4.98 Å². The van der Waals surface area contributed by atoms with Crippen LogP contribution in [0, 0.1) is 0 Å². The lowest BCUT2D eigenvalue weighted by molar-refractivity contribution is -0.139. The van der Waals surface area contributed by atoms with Gasteiger partial charge in [0.15, 0.2) is 0 Å². The van der Waals surface area contributed by atoms with Crippen LogP contribution in [0.1, 0.15) is 21.5 Å². The number of aromatic nitrogens is 1. The number of hydrogen-bond donors (Lipinski definition) is 4. The number of carboxylic acids is 1. The van der Waals surface area contributed by atoms with E-state index in [0.717, 1.165) is 27.7 Å². The predicted molar refractivity (Wildman–Crippen MR) is 133 cm³/mol. The van der Waals surface area contributed by atoms with Crippen LogP contribution in [0.15, 0.2) is 91.1 Å². The monoisotopic (exact) mass is 454 g/mol. The van der Waals surface area contributed by atoms with E-state index in [9.17, 15) is 14.7 Å². The molecule has 0 spiro atoms. The molecule has 3 aromatic carbocycles. The van der Waals surface area contributed by atoms with Gasteiger partial charge in [0.25, 0.3) is 5.91 Å². The van der Waals surface area contributed by atoms with Crippen molar-refractivity contribution >= 4 is 28.5 Å². The van der Waals surface area contributed by atoms with Gasteiger partial charge >= 0.3 is 5.97 Å². The van der Waals surface area contributed by atoms with E-state index in [4.69, 9.17) is 0 Å². The highest BCUT2D eigenvalue weighted by Crippen LogP contribution is 2.19. The predicted octanol–water partition coefficient (Wildman–Crippen LogP) is 3.82. The van der Waals surface area contributed by atoms with Gasteiger partial charge in [-0.2, -0.15) is 0 Å². The van der Waals surface area contributed by atoms with Gasteiger partial charge in [0.05, 0.1) is 0 Å². The molecule has 0 bridgehead atoms. The summed E-state index contributed by atoms with van der Waals surface area (Å²) in [6.45, 7) is 1.03. The first-order valence-corrected chi connectivity index (χ1v) is 11.0. The lowest BCUT2D eigenvalue weighted by Crippen LogP contribution is -2.45. The minimum atomic E-state index is -1.01. The Kier molecular flexibility index (Phi) is 7.47. The van der Waals surface area contributed by atoms with Crippen LogP contribution >= 0.6 is 0 Å². The lowest BCUT2D eigenvalue weighted by atomic mass is 10.0. The third-order valence-corrected chi connectivity index (χ3v) is 5.47. The first-order valence-electron chi connectivity index (χ1n) is 11.0. The Morgan fingerprint density at radius 2 is 1.59 bits per heavy atom. The Morgan fingerprint density at radius 1 is 0.824 bits per heavy atom. The number of fused-ring (bicyclic) bond motifs is 1. The number of hydrogen-bond acceptors (Lipinski definition) is 5. The summed E-state index contributed by atoms with van der Waals surface area (Å²) >= 11 is 0. The third-order valence-electron chi connectivity index (χ3n) is 5.47. The summed E-state index contributed by atoms with van der Waals surface area (Å²) in [5.74, 6) is -0.510. The molecule has 1 aromatic heterocycles. The molecule has 0 saturated heterocycles. The molecule has 7 nitrogen and oxygen atoms in total. The maximum atomic E-state index is 12.7. The average Bonchev–Trinajstić information content (AvgIpc) is 2.88. The van der Waals surface area contributed by atoms with Gasteiger partial charge in [-0.05, 0) is 52.2 Å². The van der Waals surface area contributed by atoms with Crippen LogP contribution in [0.25, 0.3) is 10.8 Å². The number of carboxylic acid groups (broad SMARTS) is 1. The molecule has 0 aliphatic heterocycles. The quantitative estimate of drug-likeness (QED) is 0.291. The highest BCUT2D eigenvalue weighted by molar-refractivity contribution is 5.98. The molecule has 4 rings (SSSR count). The van der Waals surface area contributed by atoms with Crippen LogP contribution in [0.3, 0.4) is 0 Å². The van der Waals surface area contributed by atoms with E-state index in [1.54, 1.807) is 12.3 Å². The second-order valence-corrected chi connectivity index (χ2v) is 7.93. The summed E-state index contributed by atoms with van der Waals surface area (Å²) in [7, 11) is 0. The van der Waals surface area contributed by atoms with Crippen molar-refractivity contribution in [2.75, 3.05) is 11.9 Å².